The van der Waals surface area contributed by atoms with Gasteiger partial charge in [-0.15, -0.1) is 0 Å². The fourth-order valence-electron chi connectivity index (χ4n) is 3.38. The number of aryl methyl sites for hydroxylation is 1. The molecular weight excluding hydrogens is 522 g/mol. The van der Waals surface area contributed by atoms with Gasteiger partial charge in [-0.05, 0) is 54.4 Å². The number of sulfonamides is 1. The largest absolute Gasteiger partial charge is 0.416 e. The first kappa shape index (κ1) is 25.1. The second-order valence-electron chi connectivity index (χ2n) is 7.51. The number of nitrogens with one attached hydrogen (secondary N) is 1. The number of hydrogen-bond donors (Lipinski definition) is 1. The van der Waals surface area contributed by atoms with Crippen molar-refractivity contribution in [2.45, 2.75) is 30.0 Å². The van der Waals surface area contributed by atoms with Gasteiger partial charge in [0, 0.05) is 4.47 Å². The predicted octanol–water partition coefficient (Wildman–Crippen LogP) is 7.06. The maximum absolute atomic E-state index is 14.8. The summed E-state index contributed by atoms with van der Waals surface area (Å²) in [6.45, 7) is 5.18. The Bertz CT molecular complexity index is 1220. The highest BCUT2D eigenvalue weighted by Crippen LogP contribution is 2.39. The molecule has 3 rings (SSSR count). The third kappa shape index (κ3) is 6.10. The first-order chi connectivity index (χ1) is 15.4. The van der Waals surface area contributed by atoms with Crippen LogP contribution in [0, 0.1) is 6.92 Å². The van der Waals surface area contributed by atoms with Crippen LogP contribution in [0.4, 0.5) is 17.6 Å². The van der Waals surface area contributed by atoms with Gasteiger partial charge in [-0.25, -0.2) is 17.5 Å². The van der Waals surface area contributed by atoms with Gasteiger partial charge in [0.25, 0.3) is 0 Å². The molecule has 0 spiro atoms. The molecule has 0 bridgehead atoms. The molecule has 1 N–H and O–H groups in total. The Morgan fingerprint density at radius 3 is 1.91 bits per heavy atom. The van der Waals surface area contributed by atoms with Crippen molar-refractivity contribution < 1.29 is 26.0 Å². The highest BCUT2D eigenvalue weighted by atomic mass is 79.9. The van der Waals surface area contributed by atoms with Crippen LogP contribution in [0.3, 0.4) is 0 Å². The van der Waals surface area contributed by atoms with Crippen molar-refractivity contribution >= 4 is 26.0 Å². The molecule has 0 saturated heterocycles. The number of alkyl halides is 3. The monoisotopic (exact) mass is 541 g/mol. The van der Waals surface area contributed by atoms with E-state index in [0.717, 1.165) is 34.3 Å². The zero-order valence-corrected chi connectivity index (χ0v) is 19.8. The van der Waals surface area contributed by atoms with Crippen LogP contribution in [-0.4, -0.2) is 8.42 Å². The van der Waals surface area contributed by atoms with Gasteiger partial charge in [-0.1, -0.05) is 64.5 Å². The minimum atomic E-state index is -4.57. The standard InChI is InChI=1S/C24H20BrF4NO2S/c1-15-3-13-21(14-4-15)33(31,32)30-23(18-5-9-19(10-6-18)24(27,28)29)22(16(2)26)17-7-11-20(25)12-8-17/h3-14,22-23,30H,2H2,1H3. The van der Waals surface area contributed by atoms with E-state index in [2.05, 4.69) is 27.2 Å². The molecule has 3 aromatic carbocycles. The van der Waals surface area contributed by atoms with E-state index in [1.54, 1.807) is 43.3 Å². The van der Waals surface area contributed by atoms with E-state index in [-0.39, 0.29) is 10.5 Å². The summed E-state index contributed by atoms with van der Waals surface area (Å²) in [7, 11) is -4.15. The Morgan fingerprint density at radius 2 is 1.42 bits per heavy atom. The van der Waals surface area contributed by atoms with Crippen molar-refractivity contribution in [2.24, 2.45) is 0 Å². The van der Waals surface area contributed by atoms with Crippen LogP contribution in [0.25, 0.3) is 0 Å². The topological polar surface area (TPSA) is 46.2 Å². The molecule has 0 heterocycles. The maximum Gasteiger partial charge on any atom is 0.416 e. The van der Waals surface area contributed by atoms with Crippen LogP contribution in [0.15, 0.2) is 94.6 Å². The third-order valence-electron chi connectivity index (χ3n) is 5.11. The minimum absolute atomic E-state index is 0.0518. The Labute approximate surface area is 198 Å². The molecule has 0 amide bonds. The molecular formula is C24H20BrF4NO2S. The number of hydrogen-bond acceptors (Lipinski definition) is 2. The minimum Gasteiger partial charge on any atom is -0.212 e. The van der Waals surface area contributed by atoms with Crippen molar-refractivity contribution in [1.82, 2.24) is 4.72 Å². The Balaban J connectivity index is 2.11. The smallest absolute Gasteiger partial charge is 0.212 e. The van der Waals surface area contributed by atoms with E-state index in [0.29, 0.717) is 5.56 Å². The van der Waals surface area contributed by atoms with Crippen molar-refractivity contribution in [1.29, 1.82) is 0 Å². The predicted molar refractivity (Wildman–Crippen MR) is 123 cm³/mol. The maximum atomic E-state index is 14.8. The lowest BCUT2D eigenvalue weighted by Gasteiger charge is -2.28. The molecule has 174 valence electrons. The summed E-state index contributed by atoms with van der Waals surface area (Å²) in [6.07, 6.45) is -4.57. The zero-order chi connectivity index (χ0) is 24.4. The van der Waals surface area contributed by atoms with Crippen LogP contribution in [-0.2, 0) is 16.2 Å². The fraction of sp³-hybridized carbons (Fsp3) is 0.167. The molecule has 0 saturated carbocycles. The fourth-order valence-corrected chi connectivity index (χ4v) is 4.89. The summed E-state index contributed by atoms with van der Waals surface area (Å²) in [5, 5.41) is 0. The van der Waals surface area contributed by atoms with E-state index < -0.39 is 39.5 Å². The van der Waals surface area contributed by atoms with Gasteiger partial charge in [-0.2, -0.15) is 13.2 Å². The van der Waals surface area contributed by atoms with E-state index in [9.17, 15) is 26.0 Å². The average Bonchev–Trinajstić information content (AvgIpc) is 2.74. The number of benzene rings is 3. The summed E-state index contributed by atoms with van der Waals surface area (Å²) in [6, 6.07) is 15.2. The van der Waals surface area contributed by atoms with Crippen LogP contribution < -0.4 is 4.72 Å². The molecule has 0 aromatic heterocycles. The van der Waals surface area contributed by atoms with Crippen LogP contribution in [0.5, 0.6) is 0 Å². The van der Waals surface area contributed by atoms with Crippen LogP contribution >= 0.6 is 15.9 Å². The highest BCUT2D eigenvalue weighted by Gasteiger charge is 2.34. The molecule has 0 aliphatic carbocycles. The normalized spacial score (nSPS) is 14.0. The molecule has 0 aliphatic heterocycles. The van der Waals surface area contributed by atoms with Gasteiger partial charge in [0.1, 0.15) is 5.83 Å². The zero-order valence-electron chi connectivity index (χ0n) is 17.4. The molecule has 9 heteroatoms. The molecule has 0 fully saturated rings. The van der Waals surface area contributed by atoms with Gasteiger partial charge in [0.15, 0.2) is 0 Å². The van der Waals surface area contributed by atoms with Gasteiger partial charge in [0.05, 0.1) is 22.4 Å². The lowest BCUT2D eigenvalue weighted by molar-refractivity contribution is -0.137. The number of halogens is 5. The average molecular weight is 542 g/mol. The summed E-state index contributed by atoms with van der Waals surface area (Å²) in [4.78, 5) is -0.0518. The lowest BCUT2D eigenvalue weighted by Crippen LogP contribution is -2.33. The number of rotatable bonds is 7. The molecule has 0 radical (unpaired) electrons. The summed E-state index contributed by atoms with van der Waals surface area (Å²) < 4.78 is 83.3. The van der Waals surface area contributed by atoms with Crippen LogP contribution in [0.1, 0.15) is 34.2 Å². The van der Waals surface area contributed by atoms with E-state index in [4.69, 9.17) is 0 Å². The molecule has 33 heavy (non-hydrogen) atoms. The Kier molecular flexibility index (Phi) is 7.45. The molecule has 0 aliphatic rings. The van der Waals surface area contributed by atoms with Gasteiger partial charge >= 0.3 is 6.18 Å². The SMILES string of the molecule is C=C(F)C(c1ccc(Br)cc1)C(NS(=O)(=O)c1ccc(C)cc1)c1ccc(C(F)(F)F)cc1. The second kappa shape index (κ2) is 9.79. The van der Waals surface area contributed by atoms with Crippen molar-refractivity contribution in [3.63, 3.8) is 0 Å². The summed E-state index contributed by atoms with van der Waals surface area (Å²) in [5.74, 6) is -2.02. The summed E-state index contributed by atoms with van der Waals surface area (Å²) >= 11 is 3.29. The Morgan fingerprint density at radius 1 is 0.909 bits per heavy atom. The van der Waals surface area contributed by atoms with Crippen molar-refractivity contribution in [2.75, 3.05) is 0 Å². The van der Waals surface area contributed by atoms with Gasteiger partial charge in [0.2, 0.25) is 10.0 Å². The molecule has 3 nitrogen and oxygen atoms in total. The van der Waals surface area contributed by atoms with Crippen molar-refractivity contribution in [3.05, 3.63) is 112 Å². The van der Waals surface area contributed by atoms with Gasteiger partial charge < -0.3 is 0 Å². The molecule has 3 aromatic rings. The highest BCUT2D eigenvalue weighted by molar-refractivity contribution is 9.10. The van der Waals surface area contributed by atoms with E-state index in [1.165, 1.54) is 12.1 Å². The van der Waals surface area contributed by atoms with Crippen LogP contribution in [0.2, 0.25) is 0 Å². The van der Waals surface area contributed by atoms with E-state index in [1.807, 2.05) is 0 Å². The van der Waals surface area contributed by atoms with E-state index >= 15 is 0 Å². The van der Waals surface area contributed by atoms with Gasteiger partial charge in [-0.3, -0.25) is 0 Å². The Hall–Kier alpha value is -2.49. The quantitative estimate of drug-likeness (QED) is 0.325. The van der Waals surface area contributed by atoms with Crippen molar-refractivity contribution in [3.8, 4) is 0 Å². The first-order valence-electron chi connectivity index (χ1n) is 9.74. The second-order valence-corrected chi connectivity index (χ2v) is 10.1. The molecule has 2 unspecified atom stereocenters. The lowest BCUT2D eigenvalue weighted by atomic mass is 9.86. The molecule has 2 atom stereocenters. The first-order valence-corrected chi connectivity index (χ1v) is 12.0. The summed E-state index contributed by atoms with van der Waals surface area (Å²) in [5.41, 5.74) is 0.511. The third-order valence-corrected chi connectivity index (χ3v) is 7.10.